The van der Waals surface area contributed by atoms with E-state index in [2.05, 4.69) is 5.32 Å². The van der Waals surface area contributed by atoms with Gasteiger partial charge in [-0.1, -0.05) is 0 Å². The summed E-state index contributed by atoms with van der Waals surface area (Å²) in [5, 5.41) is 15.0. The first-order valence-corrected chi connectivity index (χ1v) is 3.77. The van der Waals surface area contributed by atoms with Gasteiger partial charge in [-0.2, -0.15) is 0 Å². The quantitative estimate of drug-likeness (QED) is 0.313. The summed E-state index contributed by atoms with van der Waals surface area (Å²) in [6, 6.07) is 0. The molecule has 0 aromatic rings. The number of nitro groups is 1. The van der Waals surface area contributed by atoms with E-state index >= 15 is 0 Å². The third kappa shape index (κ3) is 1.06. The van der Waals surface area contributed by atoms with E-state index in [1.54, 1.807) is 0 Å². The Bertz CT molecular complexity index is 409. The highest BCUT2D eigenvalue weighted by atomic mass is 16.6. The zero-order valence-corrected chi connectivity index (χ0v) is 6.81. The summed E-state index contributed by atoms with van der Waals surface area (Å²) in [5.41, 5.74) is 0.00620. The number of carbonyl (C=O) groups excluding carboxylic acids is 2. The van der Waals surface area contributed by atoms with Crippen molar-refractivity contribution < 1.29 is 14.5 Å². The molecule has 0 saturated carbocycles. The summed E-state index contributed by atoms with van der Waals surface area (Å²) >= 11 is 0. The molecule has 0 bridgehead atoms. The van der Waals surface area contributed by atoms with Crippen LogP contribution >= 0.6 is 0 Å². The third-order valence-electron chi connectivity index (χ3n) is 2.00. The smallest absolute Gasteiger partial charge is 0.280 e. The van der Waals surface area contributed by atoms with E-state index in [1.807, 2.05) is 5.32 Å². The molecule has 0 spiro atoms. The summed E-state index contributed by atoms with van der Waals surface area (Å²) in [4.78, 5) is 31.9. The van der Waals surface area contributed by atoms with Gasteiger partial charge in [0.05, 0.1) is 11.1 Å². The van der Waals surface area contributed by atoms with E-state index in [0.717, 1.165) is 12.3 Å². The van der Waals surface area contributed by atoms with Gasteiger partial charge in [0.25, 0.3) is 11.6 Å². The van der Waals surface area contributed by atoms with Crippen LogP contribution in [0.25, 0.3) is 0 Å². The maximum atomic E-state index is 11.2. The maximum Gasteiger partial charge on any atom is 0.280 e. The summed E-state index contributed by atoms with van der Waals surface area (Å²) in [6.45, 7) is 0. The number of carbonyl (C=O) groups is 2. The van der Waals surface area contributed by atoms with Crippen LogP contribution in [0.15, 0.2) is 23.7 Å². The van der Waals surface area contributed by atoms with Crippen molar-refractivity contribution in [2.75, 3.05) is 0 Å². The molecule has 14 heavy (non-hydrogen) atoms. The Morgan fingerprint density at radius 2 is 2.14 bits per heavy atom. The number of hydrogen-bond donors (Lipinski definition) is 2. The fourth-order valence-electron chi connectivity index (χ4n) is 1.41. The Labute approximate surface area is 77.6 Å². The SMILES string of the molecule is O=C1C=C2NC=C([N+](=O)[O-])C2C(=O)N1. The second-order valence-electron chi connectivity index (χ2n) is 2.86. The molecule has 7 nitrogen and oxygen atoms in total. The molecule has 0 aromatic heterocycles. The first kappa shape index (κ1) is 8.42. The maximum absolute atomic E-state index is 11.2. The minimum Gasteiger partial charge on any atom is -0.358 e. The van der Waals surface area contributed by atoms with Gasteiger partial charge in [0, 0.05) is 11.8 Å². The summed E-state index contributed by atoms with van der Waals surface area (Å²) in [6.07, 6.45) is 2.26. The van der Waals surface area contributed by atoms with Crippen molar-refractivity contribution in [1.29, 1.82) is 0 Å². The van der Waals surface area contributed by atoms with Gasteiger partial charge in [-0.3, -0.25) is 25.0 Å². The molecule has 2 amide bonds. The summed E-state index contributed by atoms with van der Waals surface area (Å²) in [7, 11) is 0. The molecule has 7 heteroatoms. The summed E-state index contributed by atoms with van der Waals surface area (Å²) in [5.74, 6) is -2.21. The lowest BCUT2D eigenvalue weighted by Crippen LogP contribution is -2.41. The second-order valence-corrected chi connectivity index (χ2v) is 2.86. The average molecular weight is 195 g/mol. The second kappa shape index (κ2) is 2.66. The van der Waals surface area contributed by atoms with Gasteiger partial charge < -0.3 is 5.32 Å². The molecule has 2 heterocycles. The van der Waals surface area contributed by atoms with Crippen LogP contribution in [0.4, 0.5) is 0 Å². The van der Waals surface area contributed by atoms with Crippen LogP contribution in [-0.2, 0) is 9.59 Å². The van der Waals surface area contributed by atoms with Gasteiger partial charge in [-0.15, -0.1) is 0 Å². The molecule has 1 atom stereocenters. The first-order chi connectivity index (χ1) is 6.59. The molecule has 72 valence electrons. The highest BCUT2D eigenvalue weighted by molar-refractivity contribution is 6.07. The lowest BCUT2D eigenvalue weighted by Gasteiger charge is -2.14. The molecule has 0 saturated heterocycles. The predicted octanol–water partition coefficient (Wildman–Crippen LogP) is -1.14. The van der Waals surface area contributed by atoms with E-state index in [-0.39, 0.29) is 11.4 Å². The first-order valence-electron chi connectivity index (χ1n) is 3.77. The largest absolute Gasteiger partial charge is 0.358 e. The lowest BCUT2D eigenvalue weighted by atomic mass is 10.0. The number of nitrogens with one attached hydrogen (secondary N) is 2. The van der Waals surface area contributed by atoms with Crippen LogP contribution in [0.5, 0.6) is 0 Å². The van der Waals surface area contributed by atoms with Crippen molar-refractivity contribution in [3.63, 3.8) is 0 Å². The van der Waals surface area contributed by atoms with Crippen molar-refractivity contribution in [3.8, 4) is 0 Å². The molecule has 0 aliphatic carbocycles. The molecule has 2 rings (SSSR count). The van der Waals surface area contributed by atoms with Gasteiger partial charge in [-0.05, 0) is 0 Å². The molecule has 2 N–H and O–H groups in total. The zero-order valence-electron chi connectivity index (χ0n) is 6.81. The number of fused-ring (bicyclic) bond motifs is 1. The minimum atomic E-state index is -0.984. The van der Waals surface area contributed by atoms with Gasteiger partial charge in [0.15, 0.2) is 5.92 Å². The van der Waals surface area contributed by atoms with Crippen LogP contribution in [-0.4, -0.2) is 16.7 Å². The van der Waals surface area contributed by atoms with Gasteiger partial charge in [0.1, 0.15) is 0 Å². The monoisotopic (exact) mass is 195 g/mol. The molecule has 2 aliphatic rings. The van der Waals surface area contributed by atoms with Gasteiger partial charge in [-0.25, -0.2) is 0 Å². The molecule has 0 radical (unpaired) electrons. The van der Waals surface area contributed by atoms with Crippen LogP contribution < -0.4 is 10.6 Å². The third-order valence-corrected chi connectivity index (χ3v) is 2.00. The Kier molecular flexibility index (Phi) is 1.60. The summed E-state index contributed by atoms with van der Waals surface area (Å²) < 4.78 is 0. The topological polar surface area (TPSA) is 101 Å². The van der Waals surface area contributed by atoms with Crippen molar-refractivity contribution in [2.24, 2.45) is 5.92 Å². The number of amides is 2. The van der Waals surface area contributed by atoms with Gasteiger partial charge >= 0.3 is 0 Å². The molecular formula is C7H5N3O4. The molecule has 0 fully saturated rings. The van der Waals surface area contributed by atoms with E-state index in [0.29, 0.717) is 0 Å². The van der Waals surface area contributed by atoms with Crippen LogP contribution in [0.1, 0.15) is 0 Å². The average Bonchev–Trinajstić information content (AvgIpc) is 2.47. The van der Waals surface area contributed by atoms with E-state index in [4.69, 9.17) is 0 Å². The fourth-order valence-corrected chi connectivity index (χ4v) is 1.41. The Morgan fingerprint density at radius 3 is 2.79 bits per heavy atom. The Hall–Kier alpha value is -2.18. The van der Waals surface area contributed by atoms with Crippen molar-refractivity contribution in [2.45, 2.75) is 0 Å². The van der Waals surface area contributed by atoms with Crippen LogP contribution in [0, 0.1) is 16.0 Å². The standard InChI is InChI=1S/C7H5N3O4/c11-5-1-3-6(7(12)9-5)4(2-8-3)10(13)14/h1-2,6,8H,(H,9,11,12). The normalized spacial score (nSPS) is 24.4. The number of rotatable bonds is 1. The Morgan fingerprint density at radius 1 is 1.43 bits per heavy atom. The predicted molar refractivity (Wildman–Crippen MR) is 42.9 cm³/mol. The lowest BCUT2D eigenvalue weighted by molar-refractivity contribution is -0.429. The van der Waals surface area contributed by atoms with Crippen molar-refractivity contribution in [1.82, 2.24) is 10.6 Å². The minimum absolute atomic E-state index is 0.249. The molecule has 0 aromatic carbocycles. The van der Waals surface area contributed by atoms with Crippen LogP contribution in [0.3, 0.4) is 0 Å². The van der Waals surface area contributed by atoms with E-state index < -0.39 is 22.7 Å². The fraction of sp³-hybridized carbons (Fsp3) is 0.143. The van der Waals surface area contributed by atoms with Crippen molar-refractivity contribution >= 4 is 11.8 Å². The molecular weight excluding hydrogens is 190 g/mol. The number of nitrogens with zero attached hydrogens (tertiary/aromatic N) is 1. The number of hydrogen-bond acceptors (Lipinski definition) is 5. The molecule has 2 aliphatic heterocycles. The van der Waals surface area contributed by atoms with E-state index in [1.165, 1.54) is 0 Å². The Balaban J connectivity index is 2.41. The van der Waals surface area contributed by atoms with Crippen molar-refractivity contribution in [3.05, 3.63) is 33.8 Å². The van der Waals surface area contributed by atoms with Gasteiger partial charge in [0.2, 0.25) is 5.91 Å². The highest BCUT2D eigenvalue weighted by Crippen LogP contribution is 2.26. The highest BCUT2D eigenvalue weighted by Gasteiger charge is 2.42. The van der Waals surface area contributed by atoms with Crippen LogP contribution in [0.2, 0.25) is 0 Å². The molecule has 1 unspecified atom stereocenters. The zero-order chi connectivity index (χ0) is 10.3. The number of imide groups is 1. The van der Waals surface area contributed by atoms with E-state index in [9.17, 15) is 19.7 Å².